The first-order chi connectivity index (χ1) is 9.22. The van der Waals surface area contributed by atoms with E-state index in [1.807, 2.05) is 30.5 Å². The van der Waals surface area contributed by atoms with Gasteiger partial charge in [0.1, 0.15) is 5.01 Å². The molecule has 0 aliphatic rings. The molecule has 0 atom stereocenters. The number of amides is 1. The quantitative estimate of drug-likeness (QED) is 0.847. The Balaban J connectivity index is 1.93. The van der Waals surface area contributed by atoms with E-state index in [9.17, 15) is 4.79 Å². The van der Waals surface area contributed by atoms with Crippen molar-refractivity contribution in [3.8, 4) is 0 Å². The highest BCUT2D eigenvalue weighted by molar-refractivity contribution is 9.08. The lowest BCUT2D eigenvalue weighted by molar-refractivity contribution is 0.0951. The van der Waals surface area contributed by atoms with E-state index in [-0.39, 0.29) is 5.91 Å². The van der Waals surface area contributed by atoms with Gasteiger partial charge in [-0.05, 0) is 24.1 Å². The molecule has 100 valence electrons. The molecule has 0 fully saturated rings. The second kappa shape index (κ2) is 6.82. The molecular formula is C14H15BrN2OS. The number of nitrogens with one attached hydrogen (secondary N) is 1. The molecule has 1 amide bonds. The molecular weight excluding hydrogens is 324 g/mol. The molecule has 0 bridgehead atoms. The molecule has 0 aliphatic carbocycles. The number of halogens is 1. The summed E-state index contributed by atoms with van der Waals surface area (Å²) in [5.41, 5.74) is 1.83. The maximum atomic E-state index is 11.9. The van der Waals surface area contributed by atoms with E-state index in [0.29, 0.717) is 12.1 Å². The molecule has 0 unspecified atom stereocenters. The van der Waals surface area contributed by atoms with Crippen LogP contribution in [0.3, 0.4) is 0 Å². The smallest absolute Gasteiger partial charge is 0.251 e. The summed E-state index contributed by atoms with van der Waals surface area (Å²) in [5, 5.41) is 4.63. The fourth-order valence-electron chi connectivity index (χ4n) is 1.60. The molecule has 5 heteroatoms. The molecule has 19 heavy (non-hydrogen) atoms. The Hall–Kier alpha value is -1.20. The number of benzene rings is 1. The highest BCUT2D eigenvalue weighted by Crippen LogP contribution is 2.13. The Labute approximate surface area is 125 Å². The summed E-state index contributed by atoms with van der Waals surface area (Å²) in [4.78, 5) is 17.5. The maximum Gasteiger partial charge on any atom is 0.251 e. The number of nitrogens with zero attached hydrogens (tertiary/aromatic N) is 1. The molecule has 1 heterocycles. The summed E-state index contributed by atoms with van der Waals surface area (Å²) in [6, 6.07) is 7.57. The van der Waals surface area contributed by atoms with Gasteiger partial charge in [-0.1, -0.05) is 35.0 Å². The van der Waals surface area contributed by atoms with Gasteiger partial charge < -0.3 is 5.32 Å². The summed E-state index contributed by atoms with van der Waals surface area (Å²) in [7, 11) is 0. The van der Waals surface area contributed by atoms with Crippen LogP contribution < -0.4 is 5.32 Å². The normalized spacial score (nSPS) is 10.4. The van der Waals surface area contributed by atoms with E-state index < -0.39 is 0 Å². The van der Waals surface area contributed by atoms with E-state index in [1.165, 1.54) is 4.88 Å². The van der Waals surface area contributed by atoms with Crippen molar-refractivity contribution >= 4 is 33.2 Å². The zero-order chi connectivity index (χ0) is 13.7. The van der Waals surface area contributed by atoms with E-state index in [4.69, 9.17) is 0 Å². The number of hydrogen-bond donors (Lipinski definition) is 1. The molecule has 2 aromatic rings. The molecule has 1 N–H and O–H groups in total. The standard InChI is InChI=1S/C14H15BrN2OS/c1-2-12-8-16-13(19-12)9-17-14(18)11-5-3-10(7-15)4-6-11/h3-6,8H,2,7,9H2,1H3,(H,17,18). The van der Waals surface area contributed by atoms with Crippen molar-refractivity contribution in [3.05, 3.63) is 51.5 Å². The Morgan fingerprint density at radius 3 is 2.68 bits per heavy atom. The lowest BCUT2D eigenvalue weighted by Gasteiger charge is -2.03. The third kappa shape index (κ3) is 3.88. The van der Waals surface area contributed by atoms with Gasteiger partial charge in [-0.15, -0.1) is 11.3 Å². The van der Waals surface area contributed by atoms with Gasteiger partial charge in [0, 0.05) is 22.0 Å². The van der Waals surface area contributed by atoms with Crippen molar-refractivity contribution in [1.82, 2.24) is 10.3 Å². The van der Waals surface area contributed by atoms with Crippen molar-refractivity contribution in [2.24, 2.45) is 0 Å². The van der Waals surface area contributed by atoms with Crippen molar-refractivity contribution in [1.29, 1.82) is 0 Å². The molecule has 2 rings (SSSR count). The average molecular weight is 339 g/mol. The zero-order valence-electron chi connectivity index (χ0n) is 10.6. The Bertz CT molecular complexity index is 551. The van der Waals surface area contributed by atoms with Crippen molar-refractivity contribution in [2.45, 2.75) is 25.2 Å². The van der Waals surface area contributed by atoms with Crippen LogP contribution in [0.2, 0.25) is 0 Å². The zero-order valence-corrected chi connectivity index (χ0v) is 13.1. The van der Waals surface area contributed by atoms with Gasteiger partial charge in [0.05, 0.1) is 6.54 Å². The molecule has 1 aromatic heterocycles. The number of thiazole rings is 1. The Morgan fingerprint density at radius 1 is 1.37 bits per heavy atom. The minimum atomic E-state index is -0.0608. The van der Waals surface area contributed by atoms with Crippen molar-refractivity contribution in [2.75, 3.05) is 0 Å². The number of aromatic nitrogens is 1. The topological polar surface area (TPSA) is 42.0 Å². The van der Waals surface area contributed by atoms with Crippen molar-refractivity contribution < 1.29 is 4.79 Å². The van der Waals surface area contributed by atoms with Crippen LogP contribution in [0.1, 0.15) is 32.7 Å². The van der Waals surface area contributed by atoms with Gasteiger partial charge in [0.2, 0.25) is 0 Å². The molecule has 1 aromatic carbocycles. The number of alkyl halides is 1. The van der Waals surface area contributed by atoms with Crippen LogP contribution >= 0.6 is 27.3 Å². The predicted molar refractivity (Wildman–Crippen MR) is 81.7 cm³/mol. The number of hydrogen-bond acceptors (Lipinski definition) is 3. The monoisotopic (exact) mass is 338 g/mol. The third-order valence-corrected chi connectivity index (χ3v) is 4.51. The van der Waals surface area contributed by atoms with E-state index in [0.717, 1.165) is 22.3 Å². The van der Waals surface area contributed by atoms with Gasteiger partial charge in [0.15, 0.2) is 0 Å². The second-order valence-corrected chi connectivity index (χ2v) is 5.85. The van der Waals surface area contributed by atoms with Crippen LogP contribution in [0.4, 0.5) is 0 Å². The van der Waals surface area contributed by atoms with Gasteiger partial charge >= 0.3 is 0 Å². The highest BCUT2D eigenvalue weighted by Gasteiger charge is 2.06. The summed E-state index contributed by atoms with van der Waals surface area (Å²) in [5.74, 6) is -0.0608. The second-order valence-electron chi connectivity index (χ2n) is 4.09. The predicted octanol–water partition coefficient (Wildman–Crippen LogP) is 3.53. The number of aryl methyl sites for hydroxylation is 1. The third-order valence-electron chi connectivity index (χ3n) is 2.72. The molecule has 0 spiro atoms. The van der Waals surface area contributed by atoms with Crippen LogP contribution in [0.5, 0.6) is 0 Å². The van der Waals surface area contributed by atoms with Crippen LogP contribution in [0.15, 0.2) is 30.5 Å². The maximum absolute atomic E-state index is 11.9. The SMILES string of the molecule is CCc1cnc(CNC(=O)c2ccc(CBr)cc2)s1. The van der Waals surface area contributed by atoms with Crippen LogP contribution in [-0.4, -0.2) is 10.9 Å². The molecule has 0 saturated carbocycles. The average Bonchev–Trinajstić information content (AvgIpc) is 2.93. The van der Waals surface area contributed by atoms with Crippen LogP contribution in [0, 0.1) is 0 Å². The lowest BCUT2D eigenvalue weighted by atomic mass is 10.1. The highest BCUT2D eigenvalue weighted by atomic mass is 79.9. The molecule has 0 radical (unpaired) electrons. The summed E-state index contributed by atoms with van der Waals surface area (Å²) in [6.45, 7) is 2.59. The molecule has 0 saturated heterocycles. The van der Waals surface area contributed by atoms with E-state index in [2.05, 4.69) is 33.2 Å². The fourth-order valence-corrected chi connectivity index (χ4v) is 2.77. The van der Waals surface area contributed by atoms with E-state index >= 15 is 0 Å². The van der Waals surface area contributed by atoms with Gasteiger partial charge in [0.25, 0.3) is 5.91 Å². The first-order valence-corrected chi connectivity index (χ1v) is 8.03. The van der Waals surface area contributed by atoms with Crippen molar-refractivity contribution in [3.63, 3.8) is 0 Å². The number of carbonyl (C=O) groups excluding carboxylic acids is 1. The summed E-state index contributed by atoms with van der Waals surface area (Å²) >= 11 is 5.03. The number of rotatable bonds is 5. The first-order valence-electron chi connectivity index (χ1n) is 6.09. The first kappa shape index (κ1) is 14.2. The van der Waals surface area contributed by atoms with Crippen LogP contribution in [-0.2, 0) is 18.3 Å². The minimum absolute atomic E-state index is 0.0608. The largest absolute Gasteiger partial charge is 0.346 e. The number of carbonyl (C=O) groups is 1. The Morgan fingerprint density at radius 2 is 2.11 bits per heavy atom. The fraction of sp³-hybridized carbons (Fsp3) is 0.286. The van der Waals surface area contributed by atoms with Gasteiger partial charge in [-0.25, -0.2) is 4.98 Å². The molecule has 3 nitrogen and oxygen atoms in total. The Kier molecular flexibility index (Phi) is 5.10. The van der Waals surface area contributed by atoms with Crippen LogP contribution in [0.25, 0.3) is 0 Å². The summed E-state index contributed by atoms with van der Waals surface area (Å²) < 4.78 is 0. The summed E-state index contributed by atoms with van der Waals surface area (Å²) in [6.07, 6.45) is 2.86. The molecule has 0 aliphatic heterocycles. The van der Waals surface area contributed by atoms with Gasteiger partial charge in [-0.2, -0.15) is 0 Å². The van der Waals surface area contributed by atoms with Gasteiger partial charge in [-0.3, -0.25) is 4.79 Å². The lowest BCUT2D eigenvalue weighted by Crippen LogP contribution is -2.22. The van der Waals surface area contributed by atoms with E-state index in [1.54, 1.807) is 11.3 Å². The minimum Gasteiger partial charge on any atom is -0.346 e.